The summed E-state index contributed by atoms with van der Waals surface area (Å²) in [5.74, 6) is -0.205. The maximum absolute atomic E-state index is 14.3. The summed E-state index contributed by atoms with van der Waals surface area (Å²) in [7, 11) is -2.45. The average molecular weight is 482 g/mol. The van der Waals surface area contributed by atoms with E-state index in [2.05, 4.69) is 25.6 Å². The second-order valence-corrected chi connectivity index (χ2v) is 8.80. The van der Waals surface area contributed by atoms with Crippen molar-refractivity contribution in [1.29, 1.82) is 0 Å². The van der Waals surface area contributed by atoms with Crippen molar-refractivity contribution >= 4 is 27.3 Å². The summed E-state index contributed by atoms with van der Waals surface area (Å²) in [4.78, 5) is 12.7. The minimum atomic E-state index is -3.95. The average Bonchev–Trinajstić information content (AvgIpc) is 3.26. The number of aromatic nitrogens is 4. The Morgan fingerprint density at radius 2 is 1.76 bits per heavy atom. The van der Waals surface area contributed by atoms with Crippen LogP contribution in [0.5, 0.6) is 5.75 Å². The van der Waals surface area contributed by atoms with Gasteiger partial charge in [0.05, 0.1) is 12.0 Å². The number of nitrogens with zero attached hydrogens (tertiary/aromatic N) is 4. The molecule has 4 rings (SSSR count). The highest BCUT2D eigenvalue weighted by Crippen LogP contribution is 2.22. The van der Waals surface area contributed by atoms with E-state index in [0.29, 0.717) is 17.3 Å². The van der Waals surface area contributed by atoms with E-state index in [9.17, 15) is 17.6 Å². The van der Waals surface area contributed by atoms with Crippen LogP contribution >= 0.6 is 0 Å². The molecule has 1 aromatic heterocycles. The van der Waals surface area contributed by atoms with Gasteiger partial charge in [0.15, 0.2) is 5.82 Å². The first-order chi connectivity index (χ1) is 16.3. The van der Waals surface area contributed by atoms with Crippen LogP contribution in [0.4, 0.5) is 15.8 Å². The van der Waals surface area contributed by atoms with Crippen molar-refractivity contribution in [3.05, 3.63) is 83.9 Å². The Labute approximate surface area is 194 Å². The van der Waals surface area contributed by atoms with Crippen LogP contribution in [-0.2, 0) is 10.0 Å². The third-order valence-electron chi connectivity index (χ3n) is 4.81. The van der Waals surface area contributed by atoms with Crippen molar-refractivity contribution in [2.45, 2.75) is 11.8 Å². The lowest BCUT2D eigenvalue weighted by molar-refractivity contribution is 0.102. The van der Waals surface area contributed by atoms with Crippen LogP contribution in [0, 0.1) is 12.7 Å². The number of methoxy groups -OCH3 is 1. The normalized spacial score (nSPS) is 11.1. The van der Waals surface area contributed by atoms with E-state index in [1.807, 2.05) is 0 Å². The molecular weight excluding hydrogens is 463 g/mol. The lowest BCUT2D eigenvalue weighted by Gasteiger charge is -2.11. The highest BCUT2D eigenvalue weighted by Gasteiger charge is 2.18. The SMILES string of the molecule is COc1ccc(NS(=O)(=O)c2cccc(C(=O)Nc3ccc(F)c(-n4nnnc4C)c3)c2)cc1. The van der Waals surface area contributed by atoms with Gasteiger partial charge in [0.2, 0.25) is 0 Å². The summed E-state index contributed by atoms with van der Waals surface area (Å²) in [6.07, 6.45) is 0. The van der Waals surface area contributed by atoms with Crippen LogP contribution in [0.1, 0.15) is 16.2 Å². The van der Waals surface area contributed by atoms with Crippen LogP contribution in [0.3, 0.4) is 0 Å². The first-order valence-electron chi connectivity index (χ1n) is 9.90. The highest BCUT2D eigenvalue weighted by molar-refractivity contribution is 7.92. The van der Waals surface area contributed by atoms with Gasteiger partial charge >= 0.3 is 0 Å². The van der Waals surface area contributed by atoms with E-state index >= 15 is 0 Å². The number of ether oxygens (including phenoxy) is 1. The minimum absolute atomic E-state index is 0.0559. The Bertz CT molecular complexity index is 1450. The molecule has 10 nitrogen and oxygen atoms in total. The number of carbonyl (C=O) groups is 1. The van der Waals surface area contributed by atoms with Crippen LogP contribution in [0.2, 0.25) is 0 Å². The Balaban J connectivity index is 1.54. The van der Waals surface area contributed by atoms with Gasteiger partial charge < -0.3 is 10.1 Å². The molecule has 174 valence electrons. The molecule has 0 bridgehead atoms. The molecule has 2 N–H and O–H groups in total. The van der Waals surface area contributed by atoms with E-state index < -0.39 is 21.7 Å². The third-order valence-corrected chi connectivity index (χ3v) is 6.19. The molecule has 4 aromatic rings. The topological polar surface area (TPSA) is 128 Å². The van der Waals surface area contributed by atoms with Gasteiger partial charge in [0, 0.05) is 16.9 Å². The van der Waals surface area contributed by atoms with Gasteiger partial charge in [-0.2, -0.15) is 4.68 Å². The van der Waals surface area contributed by atoms with Crippen LogP contribution in [0.15, 0.2) is 71.6 Å². The summed E-state index contributed by atoms with van der Waals surface area (Å²) in [5, 5.41) is 13.6. The van der Waals surface area contributed by atoms with E-state index in [-0.39, 0.29) is 21.8 Å². The lowest BCUT2D eigenvalue weighted by atomic mass is 10.2. The number of rotatable bonds is 7. The lowest BCUT2D eigenvalue weighted by Crippen LogP contribution is -2.16. The molecule has 0 unspecified atom stereocenters. The van der Waals surface area contributed by atoms with Gasteiger partial charge in [-0.05, 0) is 78.0 Å². The molecule has 1 amide bonds. The fourth-order valence-electron chi connectivity index (χ4n) is 3.09. The largest absolute Gasteiger partial charge is 0.497 e. The van der Waals surface area contributed by atoms with Gasteiger partial charge in [0.1, 0.15) is 17.3 Å². The minimum Gasteiger partial charge on any atom is -0.497 e. The van der Waals surface area contributed by atoms with E-state index in [1.165, 1.54) is 54.3 Å². The predicted molar refractivity (Wildman–Crippen MR) is 122 cm³/mol. The second-order valence-electron chi connectivity index (χ2n) is 7.12. The fraction of sp³-hybridized carbons (Fsp3) is 0.0909. The van der Waals surface area contributed by atoms with Crippen LogP contribution < -0.4 is 14.8 Å². The Morgan fingerprint density at radius 3 is 2.44 bits per heavy atom. The molecule has 34 heavy (non-hydrogen) atoms. The molecule has 0 aliphatic rings. The molecule has 0 fully saturated rings. The van der Waals surface area contributed by atoms with Crippen molar-refractivity contribution < 1.29 is 22.3 Å². The number of hydrogen-bond acceptors (Lipinski definition) is 7. The summed E-state index contributed by atoms with van der Waals surface area (Å²) >= 11 is 0. The predicted octanol–water partition coefficient (Wildman–Crippen LogP) is 3.17. The molecule has 1 heterocycles. The van der Waals surface area contributed by atoms with Crippen LogP contribution in [-0.4, -0.2) is 41.6 Å². The van der Waals surface area contributed by atoms with Gasteiger partial charge in [-0.25, -0.2) is 12.8 Å². The molecule has 3 aromatic carbocycles. The summed E-state index contributed by atoms with van der Waals surface area (Å²) < 4.78 is 48.6. The molecular formula is C22H19FN6O4S. The smallest absolute Gasteiger partial charge is 0.261 e. The van der Waals surface area contributed by atoms with E-state index in [4.69, 9.17) is 4.74 Å². The molecule has 0 radical (unpaired) electrons. The van der Waals surface area contributed by atoms with Crippen molar-refractivity contribution in [2.75, 3.05) is 17.1 Å². The number of halogens is 1. The molecule has 0 aliphatic heterocycles. The zero-order chi connectivity index (χ0) is 24.3. The molecule has 0 saturated heterocycles. The number of amides is 1. The van der Waals surface area contributed by atoms with Gasteiger partial charge in [-0.15, -0.1) is 5.10 Å². The Morgan fingerprint density at radius 1 is 1.03 bits per heavy atom. The van der Waals surface area contributed by atoms with Crippen LogP contribution in [0.25, 0.3) is 5.69 Å². The van der Waals surface area contributed by atoms with Gasteiger partial charge in [0.25, 0.3) is 15.9 Å². The number of benzene rings is 3. The Hall–Kier alpha value is -4.32. The van der Waals surface area contributed by atoms with E-state index in [0.717, 1.165) is 0 Å². The number of tetrazole rings is 1. The number of hydrogen-bond donors (Lipinski definition) is 2. The molecule has 0 aliphatic carbocycles. The number of anilines is 2. The zero-order valence-electron chi connectivity index (χ0n) is 18.1. The molecule has 0 spiro atoms. The first kappa shape index (κ1) is 22.9. The summed E-state index contributed by atoms with van der Waals surface area (Å²) in [6.45, 7) is 1.61. The highest BCUT2D eigenvalue weighted by atomic mass is 32.2. The number of sulfonamides is 1. The van der Waals surface area contributed by atoms with Gasteiger partial charge in [-0.3, -0.25) is 9.52 Å². The monoisotopic (exact) mass is 482 g/mol. The standard InChI is InChI=1S/C22H19FN6O4S/c1-14-25-27-28-29(14)21-13-17(8-11-20(21)23)24-22(30)15-4-3-5-19(12-15)34(31,32)26-16-6-9-18(33-2)10-7-16/h3-13,26H,1-2H3,(H,24,30). The number of carbonyl (C=O) groups excluding carboxylic acids is 1. The number of aryl methyl sites for hydroxylation is 1. The maximum Gasteiger partial charge on any atom is 0.261 e. The van der Waals surface area contributed by atoms with Crippen molar-refractivity contribution in [3.63, 3.8) is 0 Å². The maximum atomic E-state index is 14.3. The Kier molecular flexibility index (Phi) is 6.23. The quantitative estimate of drug-likeness (QED) is 0.414. The first-order valence-corrected chi connectivity index (χ1v) is 11.4. The third kappa shape index (κ3) is 4.86. The van der Waals surface area contributed by atoms with Crippen molar-refractivity contribution in [1.82, 2.24) is 20.2 Å². The molecule has 0 atom stereocenters. The van der Waals surface area contributed by atoms with Gasteiger partial charge in [-0.1, -0.05) is 6.07 Å². The van der Waals surface area contributed by atoms with Crippen molar-refractivity contribution in [2.24, 2.45) is 0 Å². The number of nitrogens with one attached hydrogen (secondary N) is 2. The summed E-state index contributed by atoms with van der Waals surface area (Å²) in [6, 6.07) is 15.8. The van der Waals surface area contributed by atoms with E-state index in [1.54, 1.807) is 31.2 Å². The summed E-state index contributed by atoms with van der Waals surface area (Å²) in [5.41, 5.74) is 0.774. The zero-order valence-corrected chi connectivity index (χ0v) is 18.9. The van der Waals surface area contributed by atoms with Crippen molar-refractivity contribution in [3.8, 4) is 11.4 Å². The fourth-order valence-corrected chi connectivity index (χ4v) is 4.19. The molecule has 12 heteroatoms. The second kappa shape index (κ2) is 9.27. The molecule has 0 saturated carbocycles.